The highest BCUT2D eigenvalue weighted by molar-refractivity contribution is 5.88. The minimum atomic E-state index is 0.288. The summed E-state index contributed by atoms with van der Waals surface area (Å²) in [6.07, 6.45) is 3.17. The summed E-state index contributed by atoms with van der Waals surface area (Å²) >= 11 is 0. The van der Waals surface area contributed by atoms with Crippen LogP contribution in [0.5, 0.6) is 0 Å². The molecule has 2 rings (SSSR count). The summed E-state index contributed by atoms with van der Waals surface area (Å²) in [5.41, 5.74) is 2.00. The fourth-order valence-corrected chi connectivity index (χ4v) is 2.07. The fourth-order valence-electron chi connectivity index (χ4n) is 2.07. The maximum Gasteiger partial charge on any atom is 0.138 e. The highest BCUT2D eigenvalue weighted by atomic mass is 16.1. The standard InChI is InChI=1S/C14H18N2O/c1-3-4-7-11(17)10-13-12-8-5-6-9-14(12)16(2)15-13/h5-6,8-9H,3-4,7,10H2,1-2H3. The molecule has 3 nitrogen and oxygen atoms in total. The first kappa shape index (κ1) is 11.8. The number of hydrogen-bond acceptors (Lipinski definition) is 2. The predicted octanol–water partition coefficient (Wildman–Crippen LogP) is 2.88. The maximum atomic E-state index is 11.8. The molecule has 0 saturated heterocycles. The van der Waals surface area contributed by atoms with Crippen LogP contribution < -0.4 is 0 Å². The van der Waals surface area contributed by atoms with Gasteiger partial charge in [-0.2, -0.15) is 5.10 Å². The molecule has 0 fully saturated rings. The van der Waals surface area contributed by atoms with E-state index < -0.39 is 0 Å². The summed E-state index contributed by atoms with van der Waals surface area (Å²) in [6.45, 7) is 2.10. The molecule has 0 aliphatic rings. The van der Waals surface area contributed by atoms with Gasteiger partial charge in [-0.05, 0) is 12.5 Å². The number of rotatable bonds is 5. The lowest BCUT2D eigenvalue weighted by atomic mass is 10.1. The van der Waals surface area contributed by atoms with Gasteiger partial charge in [0.15, 0.2) is 0 Å². The zero-order valence-corrected chi connectivity index (χ0v) is 10.4. The van der Waals surface area contributed by atoms with Crippen molar-refractivity contribution in [3.8, 4) is 0 Å². The second kappa shape index (κ2) is 5.13. The number of nitrogens with zero attached hydrogens (tertiary/aromatic N) is 2. The average Bonchev–Trinajstić information content (AvgIpc) is 2.65. The molecule has 0 aliphatic carbocycles. The molecule has 17 heavy (non-hydrogen) atoms. The van der Waals surface area contributed by atoms with Gasteiger partial charge in [0.05, 0.1) is 17.6 Å². The Morgan fingerprint density at radius 3 is 2.88 bits per heavy atom. The first-order valence-corrected chi connectivity index (χ1v) is 6.14. The highest BCUT2D eigenvalue weighted by Gasteiger charge is 2.11. The van der Waals surface area contributed by atoms with Gasteiger partial charge >= 0.3 is 0 Å². The van der Waals surface area contributed by atoms with Crippen LogP contribution in [-0.2, 0) is 18.3 Å². The van der Waals surface area contributed by atoms with Gasteiger partial charge in [-0.1, -0.05) is 31.5 Å². The minimum absolute atomic E-state index is 0.288. The first-order chi connectivity index (χ1) is 8.22. The zero-order valence-electron chi connectivity index (χ0n) is 10.4. The SMILES string of the molecule is CCCCC(=O)Cc1nn(C)c2ccccc12. The minimum Gasteiger partial charge on any atom is -0.299 e. The highest BCUT2D eigenvalue weighted by Crippen LogP contribution is 2.18. The molecule has 0 saturated carbocycles. The molecule has 0 radical (unpaired) electrons. The average molecular weight is 230 g/mol. The van der Waals surface area contributed by atoms with E-state index in [2.05, 4.69) is 12.0 Å². The Morgan fingerprint density at radius 1 is 1.35 bits per heavy atom. The second-order valence-electron chi connectivity index (χ2n) is 4.41. The molecule has 1 aromatic heterocycles. The molecular weight excluding hydrogens is 212 g/mol. The van der Waals surface area contributed by atoms with Crippen LogP contribution in [0.15, 0.2) is 24.3 Å². The van der Waals surface area contributed by atoms with Crippen LogP contribution in [-0.4, -0.2) is 15.6 Å². The molecule has 0 unspecified atom stereocenters. The zero-order chi connectivity index (χ0) is 12.3. The second-order valence-corrected chi connectivity index (χ2v) is 4.41. The third-order valence-electron chi connectivity index (χ3n) is 3.01. The molecule has 1 aromatic carbocycles. The predicted molar refractivity (Wildman–Crippen MR) is 69.0 cm³/mol. The van der Waals surface area contributed by atoms with E-state index in [0.29, 0.717) is 12.8 Å². The van der Waals surface area contributed by atoms with Gasteiger partial charge in [-0.15, -0.1) is 0 Å². The molecule has 1 heterocycles. The van der Waals surface area contributed by atoms with Crippen molar-refractivity contribution in [3.63, 3.8) is 0 Å². The summed E-state index contributed by atoms with van der Waals surface area (Å²) in [6, 6.07) is 8.05. The van der Waals surface area contributed by atoms with Gasteiger partial charge in [0, 0.05) is 18.9 Å². The van der Waals surface area contributed by atoms with Crippen LogP contribution in [0.2, 0.25) is 0 Å². The fraction of sp³-hybridized carbons (Fsp3) is 0.429. The lowest BCUT2D eigenvalue weighted by Crippen LogP contribution is -2.03. The lowest BCUT2D eigenvalue weighted by Gasteiger charge is -1.97. The van der Waals surface area contributed by atoms with Crippen LogP contribution in [0.4, 0.5) is 0 Å². The number of carbonyl (C=O) groups excluding carboxylic acids is 1. The van der Waals surface area contributed by atoms with Gasteiger partial charge in [-0.25, -0.2) is 0 Å². The van der Waals surface area contributed by atoms with Gasteiger partial charge in [0.1, 0.15) is 5.78 Å². The van der Waals surface area contributed by atoms with Gasteiger partial charge in [0.2, 0.25) is 0 Å². The van der Waals surface area contributed by atoms with Crippen molar-refractivity contribution in [3.05, 3.63) is 30.0 Å². The summed E-state index contributed by atoms with van der Waals surface area (Å²) in [7, 11) is 1.92. The van der Waals surface area contributed by atoms with E-state index in [1.54, 1.807) is 0 Å². The molecule has 0 atom stereocenters. The first-order valence-electron chi connectivity index (χ1n) is 6.14. The van der Waals surface area contributed by atoms with Crippen LogP contribution in [0.25, 0.3) is 10.9 Å². The Morgan fingerprint density at radius 2 is 2.12 bits per heavy atom. The molecule has 0 amide bonds. The molecular formula is C14H18N2O. The lowest BCUT2D eigenvalue weighted by molar-refractivity contribution is -0.118. The summed E-state index contributed by atoms with van der Waals surface area (Å²) in [4.78, 5) is 11.8. The van der Waals surface area contributed by atoms with Crippen molar-refractivity contribution in [2.24, 2.45) is 7.05 Å². The van der Waals surface area contributed by atoms with E-state index in [4.69, 9.17) is 0 Å². The van der Waals surface area contributed by atoms with Crippen LogP contribution in [0.1, 0.15) is 31.9 Å². The number of para-hydroxylation sites is 1. The van der Waals surface area contributed by atoms with Gasteiger partial charge in [0.25, 0.3) is 0 Å². The monoisotopic (exact) mass is 230 g/mol. The maximum absolute atomic E-state index is 11.8. The topological polar surface area (TPSA) is 34.9 Å². The number of fused-ring (bicyclic) bond motifs is 1. The van der Waals surface area contributed by atoms with Crippen molar-refractivity contribution in [2.45, 2.75) is 32.6 Å². The van der Waals surface area contributed by atoms with Crippen LogP contribution in [0.3, 0.4) is 0 Å². The number of hydrogen-bond donors (Lipinski definition) is 0. The Labute approximate surface area is 101 Å². The Kier molecular flexibility index (Phi) is 3.57. The van der Waals surface area contributed by atoms with Crippen molar-refractivity contribution in [1.82, 2.24) is 9.78 Å². The Hall–Kier alpha value is -1.64. The molecule has 2 aromatic rings. The smallest absolute Gasteiger partial charge is 0.138 e. The molecule has 0 spiro atoms. The van der Waals surface area contributed by atoms with Crippen LogP contribution >= 0.6 is 0 Å². The Bertz CT molecular complexity index is 528. The molecule has 3 heteroatoms. The van der Waals surface area contributed by atoms with Gasteiger partial charge < -0.3 is 0 Å². The third kappa shape index (κ3) is 2.54. The van der Waals surface area contributed by atoms with Crippen molar-refractivity contribution in [2.75, 3.05) is 0 Å². The molecule has 0 bridgehead atoms. The molecule has 0 aliphatic heterocycles. The van der Waals surface area contributed by atoms with Crippen molar-refractivity contribution < 1.29 is 4.79 Å². The quantitative estimate of drug-likeness (QED) is 0.791. The van der Waals surface area contributed by atoms with E-state index >= 15 is 0 Å². The van der Waals surface area contributed by atoms with Crippen molar-refractivity contribution in [1.29, 1.82) is 0 Å². The summed E-state index contributed by atoms with van der Waals surface area (Å²) < 4.78 is 1.85. The number of aromatic nitrogens is 2. The van der Waals surface area contributed by atoms with E-state index in [9.17, 15) is 4.79 Å². The summed E-state index contributed by atoms with van der Waals surface area (Å²) in [5, 5.41) is 5.53. The summed E-state index contributed by atoms with van der Waals surface area (Å²) in [5.74, 6) is 0.288. The van der Waals surface area contributed by atoms with Crippen molar-refractivity contribution >= 4 is 16.7 Å². The van der Waals surface area contributed by atoms with E-state index in [0.717, 1.165) is 29.4 Å². The molecule has 90 valence electrons. The Balaban J connectivity index is 2.21. The van der Waals surface area contributed by atoms with Crippen LogP contribution in [0, 0.1) is 0 Å². The number of carbonyl (C=O) groups is 1. The van der Waals surface area contributed by atoms with E-state index in [1.165, 1.54) is 0 Å². The van der Waals surface area contributed by atoms with Gasteiger partial charge in [-0.3, -0.25) is 9.48 Å². The third-order valence-corrected chi connectivity index (χ3v) is 3.01. The molecule has 0 N–H and O–H groups in total. The number of unbranched alkanes of at least 4 members (excludes halogenated alkanes) is 1. The largest absolute Gasteiger partial charge is 0.299 e. The normalized spacial score (nSPS) is 10.9. The van der Waals surface area contributed by atoms with E-state index in [-0.39, 0.29) is 5.78 Å². The number of Topliss-reactive ketones (excluding diaryl/α,β-unsaturated/α-hetero) is 1. The number of benzene rings is 1. The number of aryl methyl sites for hydroxylation is 1. The number of ketones is 1. The van der Waals surface area contributed by atoms with E-state index in [1.807, 2.05) is 36.0 Å².